The standard InChI is InChI=1S/C17H14N8O3/c1-11-20-22-23-24(11)14-6-3-5-13(9-14)18-10-16-19-17(21-28-16)12-4-2-7-15(8-12)25(26)27/h2-9,18H,10H2,1H3. The average molecular weight is 378 g/mol. The maximum absolute atomic E-state index is 10.9. The molecule has 0 saturated heterocycles. The van der Waals surface area contributed by atoms with Crippen LogP contribution >= 0.6 is 0 Å². The van der Waals surface area contributed by atoms with Gasteiger partial charge in [0.2, 0.25) is 11.7 Å². The normalized spacial score (nSPS) is 10.8. The van der Waals surface area contributed by atoms with Gasteiger partial charge in [-0.3, -0.25) is 10.1 Å². The first-order valence-electron chi connectivity index (χ1n) is 8.27. The number of nitrogens with zero attached hydrogens (tertiary/aromatic N) is 7. The minimum absolute atomic E-state index is 0.0308. The highest BCUT2D eigenvalue weighted by Crippen LogP contribution is 2.22. The lowest BCUT2D eigenvalue weighted by molar-refractivity contribution is -0.384. The number of nitro groups is 1. The van der Waals surface area contributed by atoms with Gasteiger partial charge >= 0.3 is 0 Å². The molecule has 1 N–H and O–H groups in total. The van der Waals surface area contributed by atoms with Crippen molar-refractivity contribution in [2.75, 3.05) is 5.32 Å². The number of benzene rings is 2. The summed E-state index contributed by atoms with van der Waals surface area (Å²) in [7, 11) is 0. The first-order chi connectivity index (χ1) is 13.6. The largest absolute Gasteiger partial charge is 0.376 e. The lowest BCUT2D eigenvalue weighted by Gasteiger charge is -2.06. The summed E-state index contributed by atoms with van der Waals surface area (Å²) in [5, 5.41) is 29.4. The van der Waals surface area contributed by atoms with E-state index in [1.807, 2.05) is 31.2 Å². The molecule has 2 aromatic carbocycles. The van der Waals surface area contributed by atoms with Crippen LogP contribution in [0.15, 0.2) is 53.1 Å². The van der Waals surface area contributed by atoms with Gasteiger partial charge in [0, 0.05) is 23.4 Å². The Morgan fingerprint density at radius 3 is 2.86 bits per heavy atom. The Labute approximate surface area is 158 Å². The second-order valence-electron chi connectivity index (χ2n) is 5.86. The number of nitrogens with one attached hydrogen (secondary N) is 1. The van der Waals surface area contributed by atoms with Gasteiger partial charge in [-0.05, 0) is 35.5 Å². The zero-order chi connectivity index (χ0) is 19.5. The van der Waals surface area contributed by atoms with Gasteiger partial charge < -0.3 is 9.84 Å². The molecule has 140 valence electrons. The van der Waals surface area contributed by atoms with Gasteiger partial charge in [0.05, 0.1) is 17.2 Å². The monoisotopic (exact) mass is 378 g/mol. The molecule has 0 spiro atoms. The number of nitro benzene ring substituents is 1. The van der Waals surface area contributed by atoms with Crippen LogP contribution in [0.4, 0.5) is 11.4 Å². The Hall–Kier alpha value is -4.15. The Balaban J connectivity index is 1.48. The summed E-state index contributed by atoms with van der Waals surface area (Å²) in [5.41, 5.74) is 2.12. The third kappa shape index (κ3) is 3.53. The van der Waals surface area contributed by atoms with Crippen LogP contribution in [0.5, 0.6) is 0 Å². The third-order valence-electron chi connectivity index (χ3n) is 3.94. The van der Waals surface area contributed by atoms with E-state index in [1.54, 1.807) is 16.8 Å². The van der Waals surface area contributed by atoms with Crippen molar-refractivity contribution in [1.82, 2.24) is 30.3 Å². The van der Waals surface area contributed by atoms with Crippen molar-refractivity contribution in [1.29, 1.82) is 0 Å². The van der Waals surface area contributed by atoms with Crippen molar-refractivity contribution in [2.45, 2.75) is 13.5 Å². The molecule has 0 radical (unpaired) electrons. The van der Waals surface area contributed by atoms with E-state index in [0.717, 1.165) is 11.4 Å². The van der Waals surface area contributed by atoms with E-state index in [2.05, 4.69) is 31.0 Å². The summed E-state index contributed by atoms with van der Waals surface area (Å²) in [6.45, 7) is 2.11. The molecule has 28 heavy (non-hydrogen) atoms. The second-order valence-corrected chi connectivity index (χ2v) is 5.86. The molecule has 0 aliphatic heterocycles. The number of non-ortho nitro benzene ring substituents is 1. The predicted octanol–water partition coefficient (Wildman–Crippen LogP) is 2.54. The second kappa shape index (κ2) is 7.23. The van der Waals surface area contributed by atoms with E-state index in [1.165, 1.54) is 12.1 Å². The first-order valence-corrected chi connectivity index (χ1v) is 8.27. The molecule has 0 amide bonds. The molecule has 11 heteroatoms. The summed E-state index contributed by atoms with van der Waals surface area (Å²) < 4.78 is 6.86. The molecule has 4 aromatic rings. The molecule has 0 bridgehead atoms. The van der Waals surface area contributed by atoms with Gasteiger partial charge in [-0.2, -0.15) is 9.67 Å². The molecule has 11 nitrogen and oxygen atoms in total. The molecule has 2 heterocycles. The topological polar surface area (TPSA) is 138 Å². The van der Waals surface area contributed by atoms with Crippen LogP contribution < -0.4 is 5.32 Å². The van der Waals surface area contributed by atoms with Gasteiger partial charge in [0.25, 0.3) is 5.69 Å². The van der Waals surface area contributed by atoms with Crippen molar-refractivity contribution >= 4 is 11.4 Å². The number of rotatable bonds is 6. The average Bonchev–Trinajstić information content (AvgIpc) is 3.36. The van der Waals surface area contributed by atoms with E-state index in [0.29, 0.717) is 29.6 Å². The van der Waals surface area contributed by atoms with Crippen LogP contribution in [0, 0.1) is 17.0 Å². The molecule has 0 fully saturated rings. The summed E-state index contributed by atoms with van der Waals surface area (Å²) in [6, 6.07) is 13.6. The molecule has 0 saturated carbocycles. The molecule has 0 aliphatic rings. The first kappa shape index (κ1) is 17.3. The fourth-order valence-electron chi connectivity index (χ4n) is 2.60. The van der Waals surface area contributed by atoms with Gasteiger partial charge in [0.15, 0.2) is 5.82 Å². The quantitative estimate of drug-likeness (QED) is 0.396. The Morgan fingerprint density at radius 1 is 1.21 bits per heavy atom. The smallest absolute Gasteiger partial charge is 0.270 e. The van der Waals surface area contributed by atoms with Crippen LogP contribution in [0.2, 0.25) is 0 Å². The van der Waals surface area contributed by atoms with Gasteiger partial charge in [-0.1, -0.05) is 23.4 Å². The van der Waals surface area contributed by atoms with Crippen molar-refractivity contribution in [2.24, 2.45) is 0 Å². The Bertz CT molecular complexity index is 1140. The Morgan fingerprint density at radius 2 is 2.07 bits per heavy atom. The summed E-state index contributed by atoms with van der Waals surface area (Å²) in [5.74, 6) is 1.32. The minimum Gasteiger partial charge on any atom is -0.376 e. The maximum atomic E-state index is 10.9. The zero-order valence-corrected chi connectivity index (χ0v) is 14.7. The SMILES string of the molecule is Cc1nnnn1-c1cccc(NCc2nc(-c3cccc([N+](=O)[O-])c3)no2)c1. The number of anilines is 1. The van der Waals surface area contributed by atoms with Crippen molar-refractivity contribution in [3.8, 4) is 17.1 Å². The van der Waals surface area contributed by atoms with E-state index in [9.17, 15) is 10.1 Å². The Kier molecular flexibility index (Phi) is 4.46. The van der Waals surface area contributed by atoms with Crippen LogP contribution in [-0.4, -0.2) is 35.3 Å². The van der Waals surface area contributed by atoms with Crippen LogP contribution in [0.3, 0.4) is 0 Å². The number of aryl methyl sites for hydroxylation is 1. The highest BCUT2D eigenvalue weighted by molar-refractivity contribution is 5.58. The molecule has 0 aliphatic carbocycles. The molecule has 2 aromatic heterocycles. The molecule has 4 rings (SSSR count). The molecular formula is C17H14N8O3. The van der Waals surface area contributed by atoms with Gasteiger partial charge in [0.1, 0.15) is 0 Å². The van der Waals surface area contributed by atoms with Crippen molar-refractivity contribution in [3.05, 3.63) is 70.4 Å². The number of hydrogen-bond acceptors (Lipinski definition) is 9. The van der Waals surface area contributed by atoms with E-state index >= 15 is 0 Å². The van der Waals surface area contributed by atoms with E-state index in [-0.39, 0.29) is 5.69 Å². The van der Waals surface area contributed by atoms with Crippen LogP contribution in [-0.2, 0) is 6.54 Å². The summed E-state index contributed by atoms with van der Waals surface area (Å²) in [4.78, 5) is 14.7. The lowest BCUT2D eigenvalue weighted by atomic mass is 10.2. The van der Waals surface area contributed by atoms with E-state index in [4.69, 9.17) is 4.52 Å². The van der Waals surface area contributed by atoms with Gasteiger partial charge in [-0.15, -0.1) is 5.10 Å². The van der Waals surface area contributed by atoms with Crippen molar-refractivity contribution < 1.29 is 9.45 Å². The highest BCUT2D eigenvalue weighted by atomic mass is 16.6. The summed E-state index contributed by atoms with van der Waals surface area (Å²) >= 11 is 0. The zero-order valence-electron chi connectivity index (χ0n) is 14.7. The molecule has 0 atom stereocenters. The summed E-state index contributed by atoms with van der Waals surface area (Å²) in [6.07, 6.45) is 0. The fraction of sp³-hybridized carbons (Fsp3) is 0.118. The highest BCUT2D eigenvalue weighted by Gasteiger charge is 2.13. The van der Waals surface area contributed by atoms with E-state index < -0.39 is 4.92 Å². The number of aromatic nitrogens is 6. The minimum atomic E-state index is -0.467. The van der Waals surface area contributed by atoms with Crippen LogP contribution in [0.1, 0.15) is 11.7 Å². The predicted molar refractivity (Wildman–Crippen MR) is 97.6 cm³/mol. The third-order valence-corrected chi connectivity index (χ3v) is 3.94. The fourth-order valence-corrected chi connectivity index (χ4v) is 2.60. The molecular weight excluding hydrogens is 364 g/mol. The van der Waals surface area contributed by atoms with Crippen molar-refractivity contribution in [3.63, 3.8) is 0 Å². The lowest BCUT2D eigenvalue weighted by Crippen LogP contribution is -2.03. The maximum Gasteiger partial charge on any atom is 0.270 e. The number of tetrazole rings is 1. The number of hydrogen-bond donors (Lipinski definition) is 1. The van der Waals surface area contributed by atoms with Gasteiger partial charge in [-0.25, -0.2) is 0 Å². The van der Waals surface area contributed by atoms with Crippen LogP contribution in [0.25, 0.3) is 17.1 Å². The molecule has 0 unspecified atom stereocenters.